The highest BCUT2D eigenvalue weighted by Gasteiger charge is 2.24. The summed E-state index contributed by atoms with van der Waals surface area (Å²) < 4.78 is 15.5. The quantitative estimate of drug-likeness (QED) is 0.806. The van der Waals surface area contributed by atoms with E-state index in [1.807, 2.05) is 10.7 Å². The SMILES string of the molecule is Fc1ccc2c(c1)CCn1ncnc1C2=C1CCNCC1. The van der Waals surface area contributed by atoms with Crippen molar-refractivity contribution in [2.24, 2.45) is 0 Å². The number of rotatable bonds is 0. The van der Waals surface area contributed by atoms with Crippen molar-refractivity contribution in [3.8, 4) is 0 Å². The number of hydrogen-bond donors (Lipinski definition) is 1. The summed E-state index contributed by atoms with van der Waals surface area (Å²) in [6.07, 6.45) is 4.43. The van der Waals surface area contributed by atoms with Crippen LogP contribution in [0.5, 0.6) is 0 Å². The van der Waals surface area contributed by atoms with Crippen LogP contribution in [0, 0.1) is 5.82 Å². The normalized spacial score (nSPS) is 18.1. The van der Waals surface area contributed by atoms with E-state index in [0.29, 0.717) is 0 Å². The molecule has 2 aliphatic heterocycles. The summed E-state index contributed by atoms with van der Waals surface area (Å²) in [5.74, 6) is 0.758. The summed E-state index contributed by atoms with van der Waals surface area (Å²) in [5.41, 5.74) is 4.75. The van der Waals surface area contributed by atoms with Crippen LogP contribution in [-0.4, -0.2) is 27.9 Å². The van der Waals surface area contributed by atoms with Crippen LogP contribution < -0.4 is 5.32 Å². The van der Waals surface area contributed by atoms with Gasteiger partial charge >= 0.3 is 0 Å². The van der Waals surface area contributed by atoms with Crippen molar-refractivity contribution < 1.29 is 4.39 Å². The van der Waals surface area contributed by atoms with Gasteiger partial charge in [0.05, 0.1) is 0 Å². The molecule has 108 valence electrons. The molecule has 4 nitrogen and oxygen atoms in total. The molecule has 0 radical (unpaired) electrons. The molecule has 1 fully saturated rings. The predicted octanol–water partition coefficient (Wildman–Crippen LogP) is 2.16. The first-order valence-corrected chi connectivity index (χ1v) is 7.42. The Kier molecular flexibility index (Phi) is 3.07. The van der Waals surface area contributed by atoms with E-state index in [-0.39, 0.29) is 5.82 Å². The van der Waals surface area contributed by atoms with Crippen LogP contribution in [0.15, 0.2) is 30.1 Å². The van der Waals surface area contributed by atoms with Gasteiger partial charge in [-0.25, -0.2) is 14.1 Å². The minimum absolute atomic E-state index is 0.170. The van der Waals surface area contributed by atoms with E-state index in [9.17, 15) is 4.39 Å². The standard InChI is InChI=1S/C16H17FN4/c17-13-1-2-14-12(9-13)5-8-21-16(19-10-20-21)15(14)11-3-6-18-7-4-11/h1-2,9-10,18H,3-8H2. The smallest absolute Gasteiger partial charge is 0.158 e. The lowest BCUT2D eigenvalue weighted by Crippen LogP contribution is -2.24. The summed E-state index contributed by atoms with van der Waals surface area (Å²) in [6.45, 7) is 2.73. The Labute approximate surface area is 122 Å². The lowest BCUT2D eigenvalue weighted by atomic mass is 9.90. The Hall–Kier alpha value is -2.01. The molecule has 2 aromatic rings. The van der Waals surface area contributed by atoms with Gasteiger partial charge in [0.1, 0.15) is 12.1 Å². The molecule has 0 aliphatic carbocycles. The number of fused-ring (bicyclic) bond motifs is 2. The van der Waals surface area contributed by atoms with Crippen molar-refractivity contribution in [3.05, 3.63) is 52.9 Å². The molecule has 0 atom stereocenters. The molecular formula is C16H17FN4. The molecule has 4 rings (SSSR count). The van der Waals surface area contributed by atoms with E-state index in [1.54, 1.807) is 18.5 Å². The number of nitrogens with one attached hydrogen (secondary N) is 1. The van der Waals surface area contributed by atoms with Crippen LogP contribution in [0.25, 0.3) is 5.57 Å². The van der Waals surface area contributed by atoms with Crippen molar-refractivity contribution >= 4 is 5.57 Å². The molecule has 3 heterocycles. The molecule has 5 heteroatoms. The highest BCUT2D eigenvalue weighted by molar-refractivity contribution is 5.81. The van der Waals surface area contributed by atoms with Crippen molar-refractivity contribution in [2.45, 2.75) is 25.8 Å². The average molecular weight is 284 g/mol. The molecule has 1 saturated heterocycles. The molecule has 0 bridgehead atoms. The summed E-state index contributed by atoms with van der Waals surface area (Å²) in [4.78, 5) is 4.47. The molecule has 1 aromatic carbocycles. The number of aryl methyl sites for hydroxylation is 2. The van der Waals surface area contributed by atoms with E-state index in [4.69, 9.17) is 0 Å². The van der Waals surface area contributed by atoms with Gasteiger partial charge < -0.3 is 5.32 Å². The third-order valence-electron chi connectivity index (χ3n) is 4.33. The van der Waals surface area contributed by atoms with Gasteiger partial charge in [-0.15, -0.1) is 0 Å². The maximum Gasteiger partial charge on any atom is 0.158 e. The lowest BCUT2D eigenvalue weighted by Gasteiger charge is -2.20. The third-order valence-corrected chi connectivity index (χ3v) is 4.33. The number of aromatic nitrogens is 3. The van der Waals surface area contributed by atoms with Crippen LogP contribution in [0.1, 0.15) is 29.8 Å². The van der Waals surface area contributed by atoms with Crippen LogP contribution >= 0.6 is 0 Å². The number of piperidine rings is 1. The second-order valence-electron chi connectivity index (χ2n) is 5.59. The van der Waals surface area contributed by atoms with Gasteiger partial charge in [-0.1, -0.05) is 11.6 Å². The van der Waals surface area contributed by atoms with E-state index in [1.165, 1.54) is 11.1 Å². The predicted molar refractivity (Wildman–Crippen MR) is 78.3 cm³/mol. The van der Waals surface area contributed by atoms with Crippen molar-refractivity contribution in [2.75, 3.05) is 13.1 Å². The average Bonchev–Trinajstić information content (AvgIpc) is 2.91. The Balaban J connectivity index is 1.96. The lowest BCUT2D eigenvalue weighted by molar-refractivity contribution is 0.599. The summed E-state index contributed by atoms with van der Waals surface area (Å²) in [5, 5.41) is 7.71. The Morgan fingerprint density at radius 3 is 2.86 bits per heavy atom. The van der Waals surface area contributed by atoms with Gasteiger partial charge in [0.2, 0.25) is 0 Å². The number of halogens is 1. The first kappa shape index (κ1) is 12.7. The zero-order chi connectivity index (χ0) is 14.2. The van der Waals surface area contributed by atoms with Gasteiger partial charge in [0, 0.05) is 12.1 Å². The molecule has 0 saturated carbocycles. The van der Waals surface area contributed by atoms with Crippen molar-refractivity contribution in [3.63, 3.8) is 0 Å². The minimum atomic E-state index is -0.170. The number of nitrogens with zero attached hydrogens (tertiary/aromatic N) is 3. The highest BCUT2D eigenvalue weighted by Crippen LogP contribution is 2.34. The fourth-order valence-electron chi connectivity index (χ4n) is 3.31. The topological polar surface area (TPSA) is 42.7 Å². The van der Waals surface area contributed by atoms with E-state index in [0.717, 1.165) is 55.8 Å². The van der Waals surface area contributed by atoms with Gasteiger partial charge in [0.25, 0.3) is 0 Å². The Morgan fingerprint density at radius 2 is 2.00 bits per heavy atom. The van der Waals surface area contributed by atoms with Gasteiger partial charge in [-0.2, -0.15) is 5.10 Å². The molecule has 0 amide bonds. The Morgan fingerprint density at radius 1 is 1.14 bits per heavy atom. The summed E-state index contributed by atoms with van der Waals surface area (Å²) in [7, 11) is 0. The fraction of sp³-hybridized carbons (Fsp3) is 0.375. The molecule has 0 unspecified atom stereocenters. The zero-order valence-corrected chi connectivity index (χ0v) is 11.8. The molecule has 1 N–H and O–H groups in total. The zero-order valence-electron chi connectivity index (χ0n) is 11.8. The number of benzene rings is 1. The third kappa shape index (κ3) is 2.17. The maximum atomic E-state index is 13.6. The van der Waals surface area contributed by atoms with Gasteiger partial charge in [0.15, 0.2) is 5.82 Å². The summed E-state index contributed by atoms with van der Waals surface area (Å²) in [6, 6.07) is 5.11. The van der Waals surface area contributed by atoms with Crippen LogP contribution in [0.2, 0.25) is 0 Å². The van der Waals surface area contributed by atoms with Crippen molar-refractivity contribution in [1.82, 2.24) is 20.1 Å². The van der Waals surface area contributed by atoms with Gasteiger partial charge in [-0.3, -0.25) is 0 Å². The second kappa shape index (κ2) is 5.07. The molecule has 2 aliphatic rings. The maximum absolute atomic E-state index is 13.6. The van der Waals surface area contributed by atoms with E-state index in [2.05, 4.69) is 15.4 Å². The second-order valence-corrected chi connectivity index (χ2v) is 5.59. The monoisotopic (exact) mass is 284 g/mol. The van der Waals surface area contributed by atoms with E-state index >= 15 is 0 Å². The van der Waals surface area contributed by atoms with Crippen LogP contribution in [-0.2, 0) is 13.0 Å². The molecular weight excluding hydrogens is 267 g/mol. The highest BCUT2D eigenvalue weighted by atomic mass is 19.1. The fourth-order valence-corrected chi connectivity index (χ4v) is 3.31. The summed E-state index contributed by atoms with van der Waals surface area (Å²) >= 11 is 0. The molecule has 1 aromatic heterocycles. The number of hydrogen-bond acceptors (Lipinski definition) is 3. The van der Waals surface area contributed by atoms with E-state index < -0.39 is 0 Å². The largest absolute Gasteiger partial charge is 0.316 e. The minimum Gasteiger partial charge on any atom is -0.316 e. The van der Waals surface area contributed by atoms with Crippen molar-refractivity contribution in [1.29, 1.82) is 0 Å². The first-order valence-electron chi connectivity index (χ1n) is 7.42. The van der Waals surface area contributed by atoms with Gasteiger partial charge in [-0.05, 0) is 55.6 Å². The molecule has 21 heavy (non-hydrogen) atoms. The van der Waals surface area contributed by atoms with Crippen LogP contribution in [0.4, 0.5) is 4.39 Å². The first-order chi connectivity index (χ1) is 10.3. The van der Waals surface area contributed by atoms with Crippen LogP contribution in [0.3, 0.4) is 0 Å². The molecule has 0 spiro atoms. The Bertz CT molecular complexity index is 709.